The van der Waals surface area contributed by atoms with Gasteiger partial charge in [-0.1, -0.05) is 17.7 Å². The van der Waals surface area contributed by atoms with Crippen molar-refractivity contribution >= 4 is 17.6 Å². The summed E-state index contributed by atoms with van der Waals surface area (Å²) in [4.78, 5) is 10.9. The minimum absolute atomic E-state index is 0.0391. The summed E-state index contributed by atoms with van der Waals surface area (Å²) in [6, 6.07) is 5.26. The maximum Gasteiger partial charge on any atom is 0.320 e. The Labute approximate surface area is 108 Å². The van der Waals surface area contributed by atoms with Gasteiger partial charge in [-0.3, -0.25) is 4.79 Å². The Morgan fingerprint density at radius 2 is 2.39 bits per heavy atom. The molecule has 0 amide bonds. The van der Waals surface area contributed by atoms with Gasteiger partial charge in [-0.25, -0.2) is 4.39 Å². The number of halogens is 2. The van der Waals surface area contributed by atoms with Crippen molar-refractivity contribution in [3.05, 3.63) is 34.6 Å². The number of nitrogens with one attached hydrogen (secondary N) is 1. The van der Waals surface area contributed by atoms with Gasteiger partial charge in [-0.15, -0.1) is 0 Å². The molecular weight excluding hydrogens is 259 g/mol. The smallest absolute Gasteiger partial charge is 0.320 e. The van der Waals surface area contributed by atoms with Gasteiger partial charge in [0.05, 0.1) is 11.5 Å². The fraction of sp³-hybridized carbons (Fsp3) is 0.333. The summed E-state index contributed by atoms with van der Waals surface area (Å²) in [5.74, 6) is -1.63. The van der Waals surface area contributed by atoms with E-state index in [9.17, 15) is 14.4 Å². The van der Waals surface area contributed by atoms with Gasteiger partial charge in [0, 0.05) is 17.1 Å². The van der Waals surface area contributed by atoms with Crippen LogP contribution < -0.4 is 5.32 Å². The van der Waals surface area contributed by atoms with Crippen LogP contribution in [0.1, 0.15) is 12.0 Å². The highest BCUT2D eigenvalue weighted by Crippen LogP contribution is 2.35. The number of nitriles is 1. The van der Waals surface area contributed by atoms with Crippen LogP contribution in [0.4, 0.5) is 4.39 Å². The van der Waals surface area contributed by atoms with E-state index in [1.807, 2.05) is 6.07 Å². The van der Waals surface area contributed by atoms with E-state index in [0.29, 0.717) is 0 Å². The van der Waals surface area contributed by atoms with E-state index in [-0.39, 0.29) is 23.6 Å². The Balaban J connectivity index is 2.41. The zero-order valence-corrected chi connectivity index (χ0v) is 10.0. The van der Waals surface area contributed by atoms with Gasteiger partial charge in [0.1, 0.15) is 11.9 Å². The monoisotopic (exact) mass is 268 g/mol. The number of hydrogen-bond donors (Lipinski definition) is 2. The van der Waals surface area contributed by atoms with Crippen molar-refractivity contribution < 1.29 is 14.3 Å². The molecule has 94 valence electrons. The number of carboxylic acid groups (broad SMARTS) is 1. The summed E-state index contributed by atoms with van der Waals surface area (Å²) >= 11 is 5.66. The molecule has 1 aliphatic heterocycles. The van der Waals surface area contributed by atoms with Crippen LogP contribution in [0.2, 0.25) is 5.02 Å². The van der Waals surface area contributed by atoms with Crippen molar-refractivity contribution in [2.24, 2.45) is 0 Å². The average Bonchev–Trinajstić information content (AvgIpc) is 2.74. The summed E-state index contributed by atoms with van der Waals surface area (Å²) < 4.78 is 13.9. The van der Waals surface area contributed by atoms with E-state index in [2.05, 4.69) is 5.32 Å². The molecule has 1 heterocycles. The van der Waals surface area contributed by atoms with E-state index < -0.39 is 23.2 Å². The summed E-state index contributed by atoms with van der Waals surface area (Å²) in [5, 5.41) is 21.2. The highest BCUT2D eigenvalue weighted by molar-refractivity contribution is 6.30. The van der Waals surface area contributed by atoms with Crippen LogP contribution in [0.15, 0.2) is 18.2 Å². The lowest BCUT2D eigenvalue weighted by Crippen LogP contribution is -2.30. The van der Waals surface area contributed by atoms with Gasteiger partial charge in [0.2, 0.25) is 0 Å². The van der Waals surface area contributed by atoms with Crippen molar-refractivity contribution in [3.8, 4) is 6.07 Å². The predicted octanol–water partition coefficient (Wildman–Crippen LogP) is 1.69. The van der Waals surface area contributed by atoms with E-state index >= 15 is 0 Å². The number of benzene rings is 1. The first-order chi connectivity index (χ1) is 8.48. The Morgan fingerprint density at radius 3 is 2.89 bits per heavy atom. The standard InChI is InChI=1S/C12H10ClFN2O2/c13-7-1-2-8(9(14)3-7)12(5-15)4-10(11(17)18)16-6-12/h1-3,10,16H,4,6H2,(H,17,18). The number of nitrogens with zero attached hydrogens (tertiary/aromatic N) is 1. The molecule has 4 nitrogen and oxygen atoms in total. The number of aliphatic carboxylic acids is 1. The average molecular weight is 269 g/mol. The van der Waals surface area contributed by atoms with Gasteiger partial charge in [0.15, 0.2) is 0 Å². The quantitative estimate of drug-likeness (QED) is 0.856. The summed E-state index contributed by atoms with van der Waals surface area (Å²) in [7, 11) is 0. The fourth-order valence-corrected chi connectivity index (χ4v) is 2.35. The summed E-state index contributed by atoms with van der Waals surface area (Å²) in [6.45, 7) is 0.110. The Morgan fingerprint density at radius 1 is 1.67 bits per heavy atom. The number of carbonyl (C=O) groups is 1. The van der Waals surface area contributed by atoms with Gasteiger partial charge < -0.3 is 10.4 Å². The fourth-order valence-electron chi connectivity index (χ4n) is 2.19. The van der Waals surface area contributed by atoms with Crippen LogP contribution in [0.3, 0.4) is 0 Å². The van der Waals surface area contributed by atoms with Crippen LogP contribution >= 0.6 is 11.6 Å². The van der Waals surface area contributed by atoms with E-state index in [1.54, 1.807) is 0 Å². The van der Waals surface area contributed by atoms with Crippen LogP contribution in [-0.2, 0) is 10.2 Å². The Bertz CT molecular complexity index is 543. The molecule has 18 heavy (non-hydrogen) atoms. The van der Waals surface area contributed by atoms with Gasteiger partial charge >= 0.3 is 5.97 Å². The van der Waals surface area contributed by atoms with Gasteiger partial charge in [-0.05, 0) is 18.6 Å². The van der Waals surface area contributed by atoms with Crippen molar-refractivity contribution in [2.75, 3.05) is 6.54 Å². The lowest BCUT2D eigenvalue weighted by atomic mass is 9.79. The van der Waals surface area contributed by atoms with Gasteiger partial charge in [-0.2, -0.15) is 5.26 Å². The molecule has 0 saturated carbocycles. The van der Waals surface area contributed by atoms with Crippen LogP contribution in [-0.4, -0.2) is 23.7 Å². The molecule has 6 heteroatoms. The van der Waals surface area contributed by atoms with Crippen molar-refractivity contribution in [1.82, 2.24) is 5.32 Å². The zero-order chi connectivity index (χ0) is 13.3. The molecule has 0 radical (unpaired) electrons. The number of hydrogen-bond acceptors (Lipinski definition) is 3. The molecule has 2 unspecified atom stereocenters. The normalized spacial score (nSPS) is 26.8. The molecule has 1 saturated heterocycles. The molecule has 0 spiro atoms. The SMILES string of the molecule is N#CC1(c2ccc(Cl)cc2F)CNC(C(=O)O)C1. The van der Waals surface area contributed by atoms with Crippen LogP contribution in [0, 0.1) is 17.1 Å². The topological polar surface area (TPSA) is 73.1 Å². The second-order valence-corrected chi connectivity index (χ2v) is 4.73. The third-order valence-corrected chi connectivity index (χ3v) is 3.40. The predicted molar refractivity (Wildman–Crippen MR) is 62.7 cm³/mol. The molecular formula is C12H10ClFN2O2. The molecule has 2 atom stereocenters. The Kier molecular flexibility index (Phi) is 3.24. The first kappa shape index (κ1) is 12.8. The lowest BCUT2D eigenvalue weighted by molar-refractivity contribution is -0.139. The van der Waals surface area contributed by atoms with E-state index in [0.717, 1.165) is 6.07 Å². The highest BCUT2D eigenvalue weighted by Gasteiger charge is 2.45. The van der Waals surface area contributed by atoms with Gasteiger partial charge in [0.25, 0.3) is 0 Å². The van der Waals surface area contributed by atoms with Crippen molar-refractivity contribution in [3.63, 3.8) is 0 Å². The third-order valence-electron chi connectivity index (χ3n) is 3.16. The molecule has 2 rings (SSSR count). The van der Waals surface area contributed by atoms with Crippen LogP contribution in [0.25, 0.3) is 0 Å². The second-order valence-electron chi connectivity index (χ2n) is 4.29. The molecule has 1 fully saturated rings. The molecule has 0 bridgehead atoms. The van der Waals surface area contributed by atoms with Crippen molar-refractivity contribution in [1.29, 1.82) is 5.26 Å². The summed E-state index contributed by atoms with van der Waals surface area (Å²) in [6.07, 6.45) is 0.0391. The Hall–Kier alpha value is -1.64. The van der Waals surface area contributed by atoms with Crippen LogP contribution in [0.5, 0.6) is 0 Å². The first-order valence-electron chi connectivity index (χ1n) is 5.31. The maximum absolute atomic E-state index is 13.9. The summed E-state index contributed by atoms with van der Waals surface area (Å²) in [5.41, 5.74) is -0.969. The van der Waals surface area contributed by atoms with Crippen molar-refractivity contribution in [2.45, 2.75) is 17.9 Å². The molecule has 1 aromatic carbocycles. The zero-order valence-electron chi connectivity index (χ0n) is 9.28. The number of carboxylic acids is 1. The van der Waals surface area contributed by atoms with E-state index in [4.69, 9.17) is 16.7 Å². The van der Waals surface area contributed by atoms with E-state index in [1.165, 1.54) is 12.1 Å². The largest absolute Gasteiger partial charge is 0.480 e. The molecule has 0 aromatic heterocycles. The maximum atomic E-state index is 13.9. The molecule has 0 aliphatic carbocycles. The minimum atomic E-state index is -1.16. The second kappa shape index (κ2) is 4.56. The first-order valence-corrected chi connectivity index (χ1v) is 5.69. The minimum Gasteiger partial charge on any atom is -0.480 e. The third kappa shape index (κ3) is 2.05. The molecule has 1 aliphatic rings. The highest BCUT2D eigenvalue weighted by atomic mass is 35.5. The molecule has 1 aromatic rings. The molecule has 2 N–H and O–H groups in total. The number of rotatable bonds is 2. The lowest BCUT2D eigenvalue weighted by Gasteiger charge is -2.20.